The van der Waals surface area contributed by atoms with Gasteiger partial charge in [0.2, 0.25) is 0 Å². The summed E-state index contributed by atoms with van der Waals surface area (Å²) in [5.41, 5.74) is -0.588. The molecule has 0 fully saturated rings. The molecule has 0 aromatic carbocycles. The first-order chi connectivity index (χ1) is 10.7. The SMILES string of the molecule is CCC(CC)(CO)CNCCN(CCOC)C(=O)OC(C)(C)C. The first-order valence-corrected chi connectivity index (χ1v) is 8.52. The van der Waals surface area contributed by atoms with Gasteiger partial charge in [0, 0.05) is 45.3 Å². The van der Waals surface area contributed by atoms with E-state index in [2.05, 4.69) is 19.2 Å². The molecule has 138 valence electrons. The highest BCUT2D eigenvalue weighted by Gasteiger charge is 2.25. The zero-order valence-electron chi connectivity index (χ0n) is 15.8. The van der Waals surface area contributed by atoms with Gasteiger partial charge in [-0.15, -0.1) is 0 Å². The molecule has 23 heavy (non-hydrogen) atoms. The standard InChI is InChI=1S/C17H36N2O4/c1-7-17(8-2,14-20)13-18-9-10-19(11-12-22-6)15(21)23-16(3,4)5/h18,20H,7-14H2,1-6H3. The zero-order valence-corrected chi connectivity index (χ0v) is 15.8. The minimum absolute atomic E-state index is 0.0801. The summed E-state index contributed by atoms with van der Waals surface area (Å²) in [5.74, 6) is 0. The second kappa shape index (κ2) is 10.8. The molecular formula is C17H36N2O4. The Bertz CT molecular complexity index is 317. The van der Waals surface area contributed by atoms with Crippen molar-refractivity contribution in [1.82, 2.24) is 10.2 Å². The van der Waals surface area contributed by atoms with Crippen molar-refractivity contribution < 1.29 is 19.4 Å². The molecule has 0 heterocycles. The van der Waals surface area contributed by atoms with Crippen LogP contribution in [-0.4, -0.2) is 68.2 Å². The van der Waals surface area contributed by atoms with E-state index >= 15 is 0 Å². The number of hydrogen-bond acceptors (Lipinski definition) is 5. The van der Waals surface area contributed by atoms with Crippen LogP contribution in [0.2, 0.25) is 0 Å². The van der Waals surface area contributed by atoms with Crippen LogP contribution in [0.4, 0.5) is 4.79 Å². The van der Waals surface area contributed by atoms with Crippen LogP contribution in [0.25, 0.3) is 0 Å². The Morgan fingerprint density at radius 2 is 1.78 bits per heavy atom. The summed E-state index contributed by atoms with van der Waals surface area (Å²) in [7, 11) is 1.61. The number of hydrogen-bond donors (Lipinski definition) is 2. The highest BCUT2D eigenvalue weighted by molar-refractivity contribution is 5.68. The molecule has 0 atom stereocenters. The minimum atomic E-state index is -0.508. The fourth-order valence-corrected chi connectivity index (χ4v) is 2.17. The normalized spacial score (nSPS) is 12.3. The van der Waals surface area contributed by atoms with Gasteiger partial charge in [-0.25, -0.2) is 4.79 Å². The van der Waals surface area contributed by atoms with Gasteiger partial charge in [-0.05, 0) is 33.6 Å². The Labute approximate surface area is 141 Å². The van der Waals surface area contributed by atoms with Crippen LogP contribution in [0, 0.1) is 5.41 Å². The Kier molecular flexibility index (Phi) is 10.4. The minimum Gasteiger partial charge on any atom is -0.444 e. The van der Waals surface area contributed by atoms with Crippen LogP contribution in [0.3, 0.4) is 0 Å². The molecule has 6 nitrogen and oxygen atoms in total. The predicted molar refractivity (Wildman–Crippen MR) is 92.7 cm³/mol. The Morgan fingerprint density at radius 3 is 2.22 bits per heavy atom. The largest absolute Gasteiger partial charge is 0.444 e. The summed E-state index contributed by atoms with van der Waals surface area (Å²) < 4.78 is 10.5. The maximum Gasteiger partial charge on any atom is 0.410 e. The molecule has 0 aromatic rings. The lowest BCUT2D eigenvalue weighted by atomic mass is 9.83. The van der Waals surface area contributed by atoms with E-state index in [4.69, 9.17) is 9.47 Å². The smallest absolute Gasteiger partial charge is 0.410 e. The van der Waals surface area contributed by atoms with Crippen LogP contribution in [0.15, 0.2) is 0 Å². The van der Waals surface area contributed by atoms with Gasteiger partial charge in [0.1, 0.15) is 5.60 Å². The highest BCUT2D eigenvalue weighted by Crippen LogP contribution is 2.24. The van der Waals surface area contributed by atoms with E-state index in [9.17, 15) is 9.90 Å². The maximum atomic E-state index is 12.2. The summed E-state index contributed by atoms with van der Waals surface area (Å²) in [6, 6.07) is 0. The number of aliphatic hydroxyl groups is 1. The van der Waals surface area contributed by atoms with E-state index in [1.165, 1.54) is 0 Å². The molecule has 0 spiro atoms. The Hall–Kier alpha value is -0.850. The third kappa shape index (κ3) is 9.13. The van der Waals surface area contributed by atoms with Crippen molar-refractivity contribution in [2.75, 3.05) is 46.5 Å². The lowest BCUT2D eigenvalue weighted by Gasteiger charge is -2.31. The molecule has 0 rings (SSSR count). The summed E-state index contributed by atoms with van der Waals surface area (Å²) in [5, 5.41) is 12.9. The fraction of sp³-hybridized carbons (Fsp3) is 0.941. The van der Waals surface area contributed by atoms with Gasteiger partial charge in [-0.2, -0.15) is 0 Å². The van der Waals surface area contributed by atoms with Gasteiger partial charge in [-0.1, -0.05) is 13.8 Å². The van der Waals surface area contributed by atoms with E-state index in [-0.39, 0.29) is 18.1 Å². The molecule has 6 heteroatoms. The van der Waals surface area contributed by atoms with Crippen LogP contribution in [0.5, 0.6) is 0 Å². The summed E-state index contributed by atoms with van der Waals surface area (Å²) in [4.78, 5) is 13.9. The van der Waals surface area contributed by atoms with Gasteiger partial charge < -0.3 is 24.8 Å². The van der Waals surface area contributed by atoms with Crippen molar-refractivity contribution in [3.8, 4) is 0 Å². The van der Waals surface area contributed by atoms with Gasteiger partial charge in [-0.3, -0.25) is 0 Å². The molecule has 0 radical (unpaired) electrons. The predicted octanol–water partition coefficient (Wildman–Crippen LogP) is 2.26. The van der Waals surface area contributed by atoms with Crippen molar-refractivity contribution in [2.45, 2.75) is 53.1 Å². The molecule has 1 amide bonds. The second-order valence-corrected chi connectivity index (χ2v) is 7.00. The molecular weight excluding hydrogens is 296 g/mol. The van der Waals surface area contributed by atoms with Crippen LogP contribution >= 0.6 is 0 Å². The monoisotopic (exact) mass is 332 g/mol. The van der Waals surface area contributed by atoms with Crippen LogP contribution < -0.4 is 5.32 Å². The average Bonchev–Trinajstić information content (AvgIpc) is 2.49. The highest BCUT2D eigenvalue weighted by atomic mass is 16.6. The zero-order chi connectivity index (χ0) is 17.9. The summed E-state index contributed by atoms with van der Waals surface area (Å²) >= 11 is 0. The van der Waals surface area contributed by atoms with E-state index in [1.807, 2.05) is 20.8 Å². The van der Waals surface area contributed by atoms with Crippen molar-refractivity contribution in [2.24, 2.45) is 5.41 Å². The molecule has 0 aliphatic heterocycles. The number of nitrogens with one attached hydrogen (secondary N) is 1. The number of carbonyl (C=O) groups excluding carboxylic acids is 1. The number of aliphatic hydroxyl groups excluding tert-OH is 1. The number of ether oxygens (including phenoxy) is 2. The van der Waals surface area contributed by atoms with Gasteiger partial charge in [0.05, 0.1) is 6.61 Å². The topological polar surface area (TPSA) is 71.0 Å². The average molecular weight is 332 g/mol. The molecule has 0 aliphatic carbocycles. The third-order valence-corrected chi connectivity index (χ3v) is 4.11. The summed E-state index contributed by atoms with van der Waals surface area (Å²) in [6.45, 7) is 12.8. The Morgan fingerprint density at radius 1 is 1.17 bits per heavy atom. The summed E-state index contributed by atoms with van der Waals surface area (Å²) in [6.07, 6.45) is 1.52. The molecule has 0 saturated heterocycles. The van der Waals surface area contributed by atoms with E-state index in [1.54, 1.807) is 12.0 Å². The molecule has 0 saturated carbocycles. The van der Waals surface area contributed by atoms with E-state index in [0.29, 0.717) is 26.2 Å². The molecule has 0 aliphatic rings. The van der Waals surface area contributed by atoms with E-state index < -0.39 is 5.60 Å². The van der Waals surface area contributed by atoms with Gasteiger partial charge >= 0.3 is 6.09 Å². The van der Waals surface area contributed by atoms with Crippen LogP contribution in [0.1, 0.15) is 47.5 Å². The molecule has 0 aromatic heterocycles. The fourth-order valence-electron chi connectivity index (χ4n) is 2.17. The molecule has 0 unspecified atom stereocenters. The lowest BCUT2D eigenvalue weighted by molar-refractivity contribution is 0.0201. The number of rotatable bonds is 11. The van der Waals surface area contributed by atoms with Crippen molar-refractivity contribution in [3.63, 3.8) is 0 Å². The molecule has 0 bridgehead atoms. The maximum absolute atomic E-state index is 12.2. The van der Waals surface area contributed by atoms with E-state index in [0.717, 1.165) is 19.4 Å². The van der Waals surface area contributed by atoms with Crippen molar-refractivity contribution >= 4 is 6.09 Å². The first-order valence-electron chi connectivity index (χ1n) is 8.52. The number of methoxy groups -OCH3 is 1. The second-order valence-electron chi connectivity index (χ2n) is 7.00. The number of amides is 1. The van der Waals surface area contributed by atoms with Crippen molar-refractivity contribution in [3.05, 3.63) is 0 Å². The van der Waals surface area contributed by atoms with Crippen molar-refractivity contribution in [1.29, 1.82) is 0 Å². The van der Waals surface area contributed by atoms with Gasteiger partial charge in [0.25, 0.3) is 0 Å². The number of nitrogens with zero attached hydrogens (tertiary/aromatic N) is 1. The first kappa shape index (κ1) is 22.1. The number of carbonyl (C=O) groups is 1. The van der Waals surface area contributed by atoms with Gasteiger partial charge in [0.15, 0.2) is 0 Å². The quantitative estimate of drug-likeness (QED) is 0.568. The third-order valence-electron chi connectivity index (χ3n) is 4.11. The van der Waals surface area contributed by atoms with Crippen LogP contribution in [-0.2, 0) is 9.47 Å². The molecule has 2 N–H and O–H groups in total. The lowest BCUT2D eigenvalue weighted by Crippen LogP contribution is -2.44. The Balaban J connectivity index is 4.42.